The number of rotatable bonds is 3. The van der Waals surface area contributed by atoms with Crippen molar-refractivity contribution in [3.8, 4) is 11.5 Å². The molecule has 5 nitrogen and oxygen atoms in total. The summed E-state index contributed by atoms with van der Waals surface area (Å²) < 4.78 is 6.01. The number of allylic oxidation sites excluding steroid dienone is 1. The van der Waals surface area contributed by atoms with E-state index in [9.17, 15) is 9.90 Å². The van der Waals surface area contributed by atoms with Crippen LogP contribution in [0.2, 0.25) is 0 Å². The van der Waals surface area contributed by atoms with Gasteiger partial charge in [0.2, 0.25) is 5.78 Å². The van der Waals surface area contributed by atoms with Gasteiger partial charge in [-0.05, 0) is 43.9 Å². The molecular weight excluding hydrogens is 364 g/mol. The topological polar surface area (TPSA) is 69.6 Å². The molecule has 5 heteroatoms. The summed E-state index contributed by atoms with van der Waals surface area (Å²) in [5.74, 6) is 0.548. The summed E-state index contributed by atoms with van der Waals surface area (Å²) in [5, 5.41) is 13.6. The van der Waals surface area contributed by atoms with Crippen molar-refractivity contribution in [1.82, 2.24) is 4.98 Å². The van der Waals surface area contributed by atoms with Crippen molar-refractivity contribution in [2.24, 2.45) is 0 Å². The second-order valence-electron chi connectivity index (χ2n) is 7.99. The number of nitrogens with one attached hydrogen (secondary N) is 2. The molecule has 0 radical (unpaired) electrons. The fourth-order valence-corrected chi connectivity index (χ4v) is 4.47. The van der Waals surface area contributed by atoms with Gasteiger partial charge in [0.1, 0.15) is 12.3 Å². The smallest absolute Gasteiger partial charge is 0.231 e. The lowest BCUT2D eigenvalue weighted by Gasteiger charge is -2.22. The molecule has 2 aromatic carbocycles. The van der Waals surface area contributed by atoms with E-state index >= 15 is 0 Å². The molecule has 5 rings (SSSR count). The number of ketones is 1. The van der Waals surface area contributed by atoms with E-state index in [0.29, 0.717) is 23.4 Å². The van der Waals surface area contributed by atoms with Crippen molar-refractivity contribution in [3.05, 3.63) is 65.0 Å². The summed E-state index contributed by atoms with van der Waals surface area (Å²) in [6.45, 7) is 2.75. The second-order valence-corrected chi connectivity index (χ2v) is 7.99. The van der Waals surface area contributed by atoms with Gasteiger partial charge in [-0.2, -0.15) is 0 Å². The number of hydrogen-bond donors (Lipinski definition) is 2. The third-order valence-electron chi connectivity index (χ3n) is 6.04. The summed E-state index contributed by atoms with van der Waals surface area (Å²) in [5.41, 5.74) is 3.04. The lowest BCUT2D eigenvalue weighted by molar-refractivity contribution is -0.913. The van der Waals surface area contributed by atoms with Gasteiger partial charge in [-0.1, -0.05) is 30.0 Å². The molecule has 3 aromatic rings. The molecule has 3 heterocycles. The molecule has 148 valence electrons. The van der Waals surface area contributed by atoms with Crippen LogP contribution in [-0.4, -0.2) is 23.9 Å². The number of para-hydroxylation sites is 1. The van der Waals surface area contributed by atoms with Crippen molar-refractivity contribution in [1.29, 1.82) is 0 Å². The van der Waals surface area contributed by atoms with Crippen molar-refractivity contribution in [3.63, 3.8) is 0 Å². The van der Waals surface area contributed by atoms with E-state index in [1.807, 2.05) is 30.5 Å². The minimum absolute atomic E-state index is 0.0401. The number of aromatic amines is 1. The fourth-order valence-electron chi connectivity index (χ4n) is 4.47. The fraction of sp³-hybridized carbons (Fsp3) is 0.292. The average Bonchev–Trinajstić information content (AvgIpc) is 3.15. The Morgan fingerprint density at radius 3 is 2.69 bits per heavy atom. The Kier molecular flexibility index (Phi) is 4.60. The highest BCUT2D eigenvalue weighted by atomic mass is 16.5. The molecule has 0 spiro atoms. The van der Waals surface area contributed by atoms with Gasteiger partial charge >= 0.3 is 0 Å². The molecule has 2 aliphatic heterocycles. The number of H-pyrrole nitrogens is 1. The zero-order chi connectivity index (χ0) is 19.8. The van der Waals surface area contributed by atoms with E-state index in [-0.39, 0.29) is 17.3 Å². The molecule has 0 atom stereocenters. The van der Waals surface area contributed by atoms with Gasteiger partial charge in [0.25, 0.3) is 0 Å². The maximum absolute atomic E-state index is 13.0. The maximum Gasteiger partial charge on any atom is 0.231 e. The number of aromatic nitrogens is 1. The van der Waals surface area contributed by atoms with Crippen LogP contribution in [0.3, 0.4) is 0 Å². The lowest BCUT2D eigenvalue weighted by atomic mass is 10.0. The van der Waals surface area contributed by atoms with Gasteiger partial charge < -0.3 is 19.7 Å². The van der Waals surface area contributed by atoms with Crippen LogP contribution in [0.4, 0.5) is 0 Å². The Balaban J connectivity index is 1.48. The Labute approximate surface area is 169 Å². The number of fused-ring (bicyclic) bond motifs is 2. The van der Waals surface area contributed by atoms with E-state index in [2.05, 4.69) is 4.98 Å². The molecule has 1 aromatic heterocycles. The number of carbonyl (C=O) groups is 1. The Morgan fingerprint density at radius 1 is 1.07 bits per heavy atom. The van der Waals surface area contributed by atoms with Crippen molar-refractivity contribution in [2.45, 2.75) is 32.2 Å². The van der Waals surface area contributed by atoms with E-state index < -0.39 is 0 Å². The molecule has 29 heavy (non-hydrogen) atoms. The summed E-state index contributed by atoms with van der Waals surface area (Å²) in [6.07, 6.45) is 8.53. The highest BCUT2D eigenvalue weighted by Gasteiger charge is 2.31. The number of ether oxygens (including phenoxy) is 1. The number of likely N-dealkylation sites (tertiary alicyclic amines) is 1. The number of benzene rings is 2. The van der Waals surface area contributed by atoms with Gasteiger partial charge in [0, 0.05) is 28.2 Å². The first-order valence-electron chi connectivity index (χ1n) is 10.4. The minimum Gasteiger partial charge on any atom is -0.872 e. The highest BCUT2D eigenvalue weighted by Crippen LogP contribution is 2.38. The first-order valence-corrected chi connectivity index (χ1v) is 10.4. The Bertz CT molecular complexity index is 1100. The predicted molar refractivity (Wildman–Crippen MR) is 110 cm³/mol. The summed E-state index contributed by atoms with van der Waals surface area (Å²) in [7, 11) is 0. The molecular formula is C24H24N2O3. The van der Waals surface area contributed by atoms with E-state index in [1.165, 1.54) is 36.6 Å². The van der Waals surface area contributed by atoms with Crippen LogP contribution in [0.25, 0.3) is 17.0 Å². The second kappa shape index (κ2) is 7.41. The molecule has 2 aliphatic rings. The van der Waals surface area contributed by atoms with Crippen LogP contribution < -0.4 is 14.7 Å². The van der Waals surface area contributed by atoms with E-state index in [0.717, 1.165) is 29.6 Å². The Hall–Kier alpha value is -3.05. The first-order chi connectivity index (χ1) is 14.2. The molecule has 2 N–H and O–H groups in total. The molecule has 1 saturated heterocycles. The number of Topliss-reactive ketones (excluding diaryl/α,β-unsaturated/α-hetero) is 1. The van der Waals surface area contributed by atoms with E-state index in [4.69, 9.17) is 4.74 Å². The predicted octanol–water partition coefficient (Wildman–Crippen LogP) is 2.82. The lowest BCUT2D eigenvalue weighted by Crippen LogP contribution is -3.10. The van der Waals surface area contributed by atoms with E-state index in [1.54, 1.807) is 12.1 Å². The zero-order valence-corrected chi connectivity index (χ0v) is 16.3. The first kappa shape index (κ1) is 18.0. The highest BCUT2D eigenvalue weighted by molar-refractivity contribution is 6.15. The summed E-state index contributed by atoms with van der Waals surface area (Å²) in [4.78, 5) is 17.6. The molecule has 0 saturated carbocycles. The quantitative estimate of drug-likeness (QED) is 0.678. The average molecular weight is 388 g/mol. The van der Waals surface area contributed by atoms with Crippen LogP contribution >= 0.6 is 0 Å². The number of quaternary nitrogens is 1. The SMILES string of the molecule is O=C1/C(=C/c2c[nH]c3ccccc23)Oc2c1ccc([O-])c2C[NH+]1CCCCCC1. The van der Waals surface area contributed by atoms with Gasteiger partial charge in [-0.15, -0.1) is 0 Å². The van der Waals surface area contributed by atoms with Gasteiger partial charge in [0.15, 0.2) is 5.76 Å². The van der Waals surface area contributed by atoms with Crippen LogP contribution in [0.1, 0.15) is 47.2 Å². The summed E-state index contributed by atoms with van der Waals surface area (Å²) >= 11 is 0. The zero-order valence-electron chi connectivity index (χ0n) is 16.3. The van der Waals surface area contributed by atoms with Crippen LogP contribution in [0.15, 0.2) is 48.4 Å². The van der Waals surface area contributed by atoms with Crippen LogP contribution in [-0.2, 0) is 6.54 Å². The third kappa shape index (κ3) is 3.32. The van der Waals surface area contributed by atoms with Crippen molar-refractivity contribution >= 4 is 22.8 Å². The van der Waals surface area contributed by atoms with Crippen molar-refractivity contribution < 1.29 is 19.5 Å². The normalized spacial score (nSPS) is 18.8. The third-order valence-corrected chi connectivity index (χ3v) is 6.04. The summed E-state index contributed by atoms with van der Waals surface area (Å²) in [6, 6.07) is 11.1. The minimum atomic E-state index is -0.155. The van der Waals surface area contributed by atoms with Gasteiger partial charge in [-0.3, -0.25) is 4.79 Å². The standard InChI is InChI=1S/C24H24N2O3/c27-21-10-9-18-23(28)22(13-16-14-25-20-8-4-3-7-17(16)20)29-24(18)19(21)15-26-11-5-1-2-6-12-26/h3-4,7-10,13-14,25,27H,1-2,5-6,11-12,15H2/b22-13-. The Morgan fingerprint density at radius 2 is 1.86 bits per heavy atom. The van der Waals surface area contributed by atoms with Crippen molar-refractivity contribution in [2.75, 3.05) is 13.1 Å². The monoisotopic (exact) mass is 388 g/mol. The molecule has 0 amide bonds. The molecule has 0 aliphatic carbocycles. The maximum atomic E-state index is 13.0. The largest absolute Gasteiger partial charge is 0.872 e. The number of hydrogen-bond acceptors (Lipinski definition) is 3. The van der Waals surface area contributed by atoms with Crippen LogP contribution in [0.5, 0.6) is 11.5 Å². The van der Waals surface area contributed by atoms with Gasteiger partial charge in [-0.25, -0.2) is 0 Å². The van der Waals surface area contributed by atoms with Crippen LogP contribution in [0, 0.1) is 0 Å². The molecule has 0 unspecified atom stereocenters. The van der Waals surface area contributed by atoms with Gasteiger partial charge in [0.05, 0.1) is 18.7 Å². The molecule has 0 bridgehead atoms. The number of carbonyl (C=O) groups excluding carboxylic acids is 1. The molecule has 1 fully saturated rings.